The summed E-state index contributed by atoms with van der Waals surface area (Å²) in [6, 6.07) is 8.21. The number of amides is 4. The molecule has 2 aromatic carbocycles. The van der Waals surface area contributed by atoms with Gasteiger partial charge in [0, 0.05) is 23.5 Å². The van der Waals surface area contributed by atoms with Gasteiger partial charge in [0.15, 0.2) is 0 Å². The number of rotatable bonds is 13. The fourth-order valence-corrected chi connectivity index (χ4v) is 4.04. The number of aliphatic carboxylic acids is 1. The fraction of sp³-hybridized carbons (Fsp3) is 0.296. The predicted molar refractivity (Wildman–Crippen MR) is 145 cm³/mol. The third kappa shape index (κ3) is 8.04. The molecule has 0 spiro atoms. The summed E-state index contributed by atoms with van der Waals surface area (Å²) in [4.78, 5) is 65.0. The number of carboxylic acid groups (broad SMARTS) is 1. The van der Waals surface area contributed by atoms with Crippen LogP contribution in [0.3, 0.4) is 0 Å². The second-order valence-corrected chi connectivity index (χ2v) is 9.40. The van der Waals surface area contributed by atoms with E-state index in [1.165, 1.54) is 31.2 Å². The number of benzene rings is 2. The molecular formula is C27H32N6O7. The number of carbonyl (C=O) groups is 5. The number of para-hydroxylation sites is 1. The first-order valence-electron chi connectivity index (χ1n) is 12.4. The largest absolute Gasteiger partial charge is 0.508 e. The molecule has 4 unspecified atom stereocenters. The van der Waals surface area contributed by atoms with Crippen LogP contribution in [-0.4, -0.2) is 69.0 Å². The number of hydrogen-bond acceptors (Lipinski definition) is 7. The van der Waals surface area contributed by atoms with Crippen molar-refractivity contribution in [2.24, 2.45) is 11.5 Å². The number of H-pyrrole nitrogens is 1. The van der Waals surface area contributed by atoms with E-state index in [4.69, 9.17) is 16.6 Å². The Balaban J connectivity index is 1.74. The zero-order valence-corrected chi connectivity index (χ0v) is 21.7. The third-order valence-electron chi connectivity index (χ3n) is 6.23. The highest BCUT2D eigenvalue weighted by Crippen LogP contribution is 2.19. The molecule has 4 atom stereocenters. The Morgan fingerprint density at radius 1 is 0.875 bits per heavy atom. The molecule has 0 aliphatic heterocycles. The van der Waals surface area contributed by atoms with E-state index >= 15 is 0 Å². The van der Waals surface area contributed by atoms with E-state index < -0.39 is 60.2 Å². The molecule has 40 heavy (non-hydrogen) atoms. The van der Waals surface area contributed by atoms with Crippen molar-refractivity contribution in [3.63, 3.8) is 0 Å². The molecule has 0 aliphatic rings. The second kappa shape index (κ2) is 13.2. The van der Waals surface area contributed by atoms with Gasteiger partial charge in [-0.1, -0.05) is 30.3 Å². The Bertz CT molecular complexity index is 1390. The van der Waals surface area contributed by atoms with Gasteiger partial charge in [-0.15, -0.1) is 0 Å². The van der Waals surface area contributed by atoms with Crippen LogP contribution in [-0.2, 0) is 36.8 Å². The predicted octanol–water partition coefficient (Wildman–Crippen LogP) is -0.580. The highest BCUT2D eigenvalue weighted by atomic mass is 16.4. The van der Waals surface area contributed by atoms with Gasteiger partial charge in [0.25, 0.3) is 0 Å². The maximum atomic E-state index is 13.2. The van der Waals surface area contributed by atoms with Crippen LogP contribution in [0.25, 0.3) is 10.9 Å². The summed E-state index contributed by atoms with van der Waals surface area (Å²) in [6.07, 6.45) is 1.22. The number of phenols is 1. The molecule has 0 saturated heterocycles. The lowest BCUT2D eigenvalue weighted by atomic mass is 10.0. The minimum Gasteiger partial charge on any atom is -0.508 e. The van der Waals surface area contributed by atoms with Crippen LogP contribution >= 0.6 is 0 Å². The average molecular weight is 553 g/mol. The minimum atomic E-state index is -1.45. The molecule has 0 bridgehead atoms. The van der Waals surface area contributed by atoms with E-state index in [2.05, 4.69) is 20.9 Å². The number of primary amides is 1. The topological polar surface area (TPSA) is 230 Å². The number of aromatic hydroxyl groups is 1. The molecule has 13 nitrogen and oxygen atoms in total. The normalized spacial score (nSPS) is 13.9. The number of carbonyl (C=O) groups excluding carboxylic acids is 4. The first-order valence-corrected chi connectivity index (χ1v) is 12.4. The quantitative estimate of drug-likeness (QED) is 0.136. The van der Waals surface area contributed by atoms with Crippen molar-refractivity contribution < 1.29 is 34.2 Å². The molecule has 0 saturated carbocycles. The van der Waals surface area contributed by atoms with Crippen LogP contribution in [0.5, 0.6) is 5.75 Å². The summed E-state index contributed by atoms with van der Waals surface area (Å²) in [5.74, 6) is -4.60. The van der Waals surface area contributed by atoms with Crippen molar-refractivity contribution >= 4 is 40.5 Å². The first kappa shape index (κ1) is 29.6. The fourth-order valence-electron chi connectivity index (χ4n) is 4.04. The summed E-state index contributed by atoms with van der Waals surface area (Å²) in [5, 5.41) is 26.8. The zero-order valence-electron chi connectivity index (χ0n) is 21.7. The molecule has 1 heterocycles. The Morgan fingerprint density at radius 3 is 2.15 bits per heavy atom. The molecule has 0 aliphatic carbocycles. The Kier molecular flexibility index (Phi) is 9.81. The Hall–Kier alpha value is -4.91. The number of aromatic amines is 1. The molecule has 13 heteroatoms. The average Bonchev–Trinajstić information content (AvgIpc) is 3.31. The van der Waals surface area contributed by atoms with Gasteiger partial charge in [0.2, 0.25) is 23.6 Å². The first-order chi connectivity index (χ1) is 18.9. The van der Waals surface area contributed by atoms with Gasteiger partial charge in [-0.3, -0.25) is 24.0 Å². The molecule has 10 N–H and O–H groups in total. The number of phenolic OH excluding ortho intramolecular Hbond substituents is 1. The van der Waals surface area contributed by atoms with E-state index in [0.29, 0.717) is 5.56 Å². The summed E-state index contributed by atoms with van der Waals surface area (Å²) >= 11 is 0. The van der Waals surface area contributed by atoms with Crippen molar-refractivity contribution in [2.75, 3.05) is 0 Å². The van der Waals surface area contributed by atoms with Gasteiger partial charge >= 0.3 is 5.97 Å². The Labute approximate surface area is 229 Å². The van der Waals surface area contributed by atoms with E-state index in [-0.39, 0.29) is 18.6 Å². The van der Waals surface area contributed by atoms with Gasteiger partial charge in [0.05, 0.1) is 12.5 Å². The van der Waals surface area contributed by atoms with Crippen LogP contribution < -0.4 is 27.4 Å². The van der Waals surface area contributed by atoms with Crippen LogP contribution in [0.4, 0.5) is 0 Å². The van der Waals surface area contributed by atoms with Crippen molar-refractivity contribution in [1.82, 2.24) is 20.9 Å². The van der Waals surface area contributed by atoms with Crippen LogP contribution in [0, 0.1) is 0 Å². The van der Waals surface area contributed by atoms with Gasteiger partial charge < -0.3 is 42.6 Å². The number of carboxylic acids is 1. The smallest absolute Gasteiger partial charge is 0.325 e. The van der Waals surface area contributed by atoms with Gasteiger partial charge in [0.1, 0.15) is 23.9 Å². The molecule has 212 valence electrons. The third-order valence-corrected chi connectivity index (χ3v) is 6.23. The second-order valence-electron chi connectivity index (χ2n) is 9.40. The van der Waals surface area contributed by atoms with Crippen LogP contribution in [0.2, 0.25) is 0 Å². The van der Waals surface area contributed by atoms with E-state index in [9.17, 15) is 29.1 Å². The maximum Gasteiger partial charge on any atom is 0.325 e. The number of hydrogen-bond donors (Lipinski definition) is 8. The highest BCUT2D eigenvalue weighted by molar-refractivity contribution is 5.96. The standard InChI is InChI=1S/C27H32N6O7/c1-14(27(39)40)31-25(37)21(10-15-6-8-17(34)9-7-15)33-26(38)22(12-23(29)35)32-24(36)19(28)11-16-13-30-20-5-3-2-4-18(16)20/h2-9,13-14,19,21-22,30,34H,10-12,28H2,1H3,(H2,29,35)(H,31,37)(H,32,36)(H,33,38)(H,39,40). The number of nitrogens with one attached hydrogen (secondary N) is 4. The Morgan fingerprint density at radius 2 is 1.50 bits per heavy atom. The van der Waals surface area contributed by atoms with Crippen molar-refractivity contribution in [2.45, 2.75) is 50.4 Å². The van der Waals surface area contributed by atoms with Gasteiger partial charge in [-0.2, -0.15) is 0 Å². The molecular weight excluding hydrogens is 520 g/mol. The molecule has 3 aromatic rings. The minimum absolute atomic E-state index is 0.0125. The summed E-state index contributed by atoms with van der Waals surface area (Å²) in [7, 11) is 0. The molecule has 1 aromatic heterocycles. The lowest BCUT2D eigenvalue weighted by molar-refractivity contribution is -0.142. The number of aromatic nitrogens is 1. The summed E-state index contributed by atoms with van der Waals surface area (Å²) in [6.45, 7) is 1.25. The highest BCUT2D eigenvalue weighted by Gasteiger charge is 2.30. The number of fused-ring (bicyclic) bond motifs is 1. The molecule has 0 fully saturated rings. The van der Waals surface area contributed by atoms with E-state index in [1.807, 2.05) is 24.3 Å². The maximum absolute atomic E-state index is 13.2. The summed E-state index contributed by atoms with van der Waals surface area (Å²) in [5.41, 5.74) is 13.6. The van der Waals surface area contributed by atoms with Crippen molar-refractivity contribution in [3.05, 3.63) is 65.9 Å². The van der Waals surface area contributed by atoms with Crippen LogP contribution in [0.1, 0.15) is 24.5 Å². The SMILES string of the molecule is CC(NC(=O)C(Cc1ccc(O)cc1)NC(=O)C(CC(N)=O)NC(=O)C(N)Cc1c[nH]c2ccccc12)C(=O)O. The lowest BCUT2D eigenvalue weighted by Crippen LogP contribution is -2.58. The monoisotopic (exact) mass is 552 g/mol. The van der Waals surface area contributed by atoms with E-state index in [1.54, 1.807) is 6.20 Å². The van der Waals surface area contributed by atoms with Gasteiger partial charge in [-0.05, 0) is 42.7 Å². The number of nitrogens with two attached hydrogens (primary N) is 2. The molecule has 4 amide bonds. The zero-order chi connectivity index (χ0) is 29.4. The lowest BCUT2D eigenvalue weighted by Gasteiger charge is -2.24. The van der Waals surface area contributed by atoms with E-state index in [0.717, 1.165) is 16.5 Å². The van der Waals surface area contributed by atoms with Crippen molar-refractivity contribution in [3.8, 4) is 5.75 Å². The molecule has 0 radical (unpaired) electrons. The summed E-state index contributed by atoms with van der Waals surface area (Å²) < 4.78 is 0. The van der Waals surface area contributed by atoms with Crippen molar-refractivity contribution in [1.29, 1.82) is 0 Å². The van der Waals surface area contributed by atoms with Crippen LogP contribution in [0.15, 0.2) is 54.7 Å². The molecule has 3 rings (SSSR count). The van der Waals surface area contributed by atoms with Gasteiger partial charge in [-0.25, -0.2) is 0 Å².